The second-order valence-electron chi connectivity index (χ2n) is 17.7. The summed E-state index contributed by atoms with van der Waals surface area (Å²) in [5.41, 5.74) is -1.26. The number of hydrogen-bond acceptors (Lipinski definition) is 22. The molecule has 84 heavy (non-hydrogen) atoms. The third kappa shape index (κ3) is 36.5. The fourth-order valence-electron chi connectivity index (χ4n) is 6.69. The number of amides is 2. The van der Waals surface area contributed by atoms with Gasteiger partial charge in [0.05, 0.1) is 17.7 Å². The number of rotatable bonds is 46. The number of carbonyl (C=O) groups excluding carboxylic acids is 10. The SMILES string of the molecule is C=CC(=O)OCCOOCc1cc(C(=O)OCCOC(=O)C=C)cc(C(=O)OCCOC(=O)C=C)c1.C=CCCC(CCC=C)(CCC=C)COC(=O)NCCCCCCNC(=O)OCC(COC(=O)C=C)(COC(=O)C=C)COC(=O)C=C. The first kappa shape index (κ1) is 75.1. The van der Waals surface area contributed by atoms with E-state index in [-0.39, 0.29) is 62.8 Å². The third-order valence-electron chi connectivity index (χ3n) is 11.2. The van der Waals surface area contributed by atoms with Crippen LogP contribution in [0.4, 0.5) is 9.59 Å². The van der Waals surface area contributed by atoms with Crippen LogP contribution in [-0.2, 0) is 92.5 Å². The van der Waals surface area contributed by atoms with Crippen molar-refractivity contribution in [2.24, 2.45) is 10.8 Å². The lowest BCUT2D eigenvalue weighted by molar-refractivity contribution is -0.307. The Balaban J connectivity index is 0.00000171. The first-order valence-corrected chi connectivity index (χ1v) is 26.5. The third-order valence-corrected chi connectivity index (χ3v) is 11.2. The van der Waals surface area contributed by atoms with Crippen LogP contribution in [0.5, 0.6) is 0 Å². The Morgan fingerprint density at radius 2 is 0.690 bits per heavy atom. The molecule has 0 atom stereocenters. The maximum absolute atomic E-state index is 12.4. The van der Waals surface area contributed by atoms with Crippen molar-refractivity contribution in [1.82, 2.24) is 10.6 Å². The van der Waals surface area contributed by atoms with Gasteiger partial charge in [-0.1, -0.05) is 70.5 Å². The van der Waals surface area contributed by atoms with Crippen LogP contribution in [0.3, 0.4) is 0 Å². The van der Waals surface area contributed by atoms with Crippen LogP contribution in [-0.4, -0.2) is 146 Å². The Morgan fingerprint density at radius 3 is 1.05 bits per heavy atom. The number of alkyl carbamates (subject to hydrolysis) is 2. The molecule has 0 aliphatic carbocycles. The Kier molecular flexibility index (Phi) is 41.7. The summed E-state index contributed by atoms with van der Waals surface area (Å²) in [6, 6.07) is 4.01. The van der Waals surface area contributed by atoms with Gasteiger partial charge in [0.25, 0.3) is 0 Å². The summed E-state index contributed by atoms with van der Waals surface area (Å²) < 4.78 is 50.5. The summed E-state index contributed by atoms with van der Waals surface area (Å²) in [7, 11) is 0. The molecule has 2 amide bonds. The fraction of sp³-hybridized carbons (Fsp3) is 0.433. The van der Waals surface area contributed by atoms with E-state index < -0.39 is 91.8 Å². The van der Waals surface area contributed by atoms with Crippen LogP contribution in [0.15, 0.2) is 132 Å². The second kappa shape index (κ2) is 46.7. The smallest absolute Gasteiger partial charge is 0.407 e. The summed E-state index contributed by atoms with van der Waals surface area (Å²) in [5, 5.41) is 5.43. The number of ether oxygens (including phenoxy) is 10. The summed E-state index contributed by atoms with van der Waals surface area (Å²) in [6.45, 7) is 29.4. The number of esters is 8. The molecule has 1 aromatic rings. The van der Waals surface area contributed by atoms with Gasteiger partial charge in [-0.05, 0) is 75.1 Å². The molecule has 24 heteroatoms. The number of unbranched alkanes of at least 4 members (excludes halogenated alkanes) is 3. The quantitative estimate of drug-likeness (QED) is 0.0120. The van der Waals surface area contributed by atoms with Gasteiger partial charge in [-0.15, -0.1) is 19.7 Å². The zero-order valence-corrected chi connectivity index (χ0v) is 47.7. The highest BCUT2D eigenvalue weighted by Gasteiger charge is 2.38. The van der Waals surface area contributed by atoms with E-state index >= 15 is 0 Å². The Labute approximate surface area is 490 Å². The van der Waals surface area contributed by atoms with Crippen molar-refractivity contribution in [2.45, 2.75) is 70.8 Å². The minimum absolute atomic E-state index is 0.0175. The van der Waals surface area contributed by atoms with Crippen LogP contribution in [0, 0.1) is 10.8 Å². The topological polar surface area (TPSA) is 306 Å². The van der Waals surface area contributed by atoms with Gasteiger partial charge in [-0.2, -0.15) is 0 Å². The van der Waals surface area contributed by atoms with Gasteiger partial charge < -0.3 is 58.0 Å². The standard InChI is InChI=1S/C36H54N2O10.C24H26O12/c1-7-13-20-35(21-14-8-2,22-15-9-3)25-47-33(42)37-23-18-16-17-19-24-38-34(43)48-29-36(26-44-30(39)10-4,27-45-31(40)11-5)28-46-32(41)12-6;1-4-20(25)30-7-9-33-23(28)18-13-17(16-36-35-12-11-32-22(27)6-3)14-19(15-18)24(29)34-10-8-31-21(26)5-2/h7-12H,1-6,13-29H2,(H,37,42)(H,38,43);4-6,13-15H,1-3,7-12,16H2. The zero-order valence-electron chi connectivity index (χ0n) is 47.7. The maximum atomic E-state index is 12.4. The van der Waals surface area contributed by atoms with Crippen molar-refractivity contribution >= 4 is 59.9 Å². The van der Waals surface area contributed by atoms with E-state index in [2.05, 4.69) is 69.8 Å². The normalized spacial score (nSPS) is 10.4. The van der Waals surface area contributed by atoms with Crippen molar-refractivity contribution in [3.8, 4) is 0 Å². The highest BCUT2D eigenvalue weighted by atomic mass is 17.2. The average molecular weight is 1180 g/mol. The lowest BCUT2D eigenvalue weighted by Crippen LogP contribution is -2.44. The van der Waals surface area contributed by atoms with Crippen LogP contribution in [0.25, 0.3) is 0 Å². The molecular formula is C60H80N2O22. The lowest BCUT2D eigenvalue weighted by atomic mass is 9.76. The van der Waals surface area contributed by atoms with Crippen molar-refractivity contribution in [3.05, 3.63) is 149 Å². The molecule has 0 spiro atoms. The van der Waals surface area contributed by atoms with E-state index in [0.29, 0.717) is 31.7 Å². The van der Waals surface area contributed by atoms with Crippen LogP contribution in [0.1, 0.15) is 90.5 Å². The number of benzene rings is 1. The Bertz CT molecular complexity index is 2230. The van der Waals surface area contributed by atoms with Gasteiger partial charge in [0.2, 0.25) is 0 Å². The van der Waals surface area contributed by atoms with Gasteiger partial charge in [-0.25, -0.2) is 57.7 Å². The summed E-state index contributed by atoms with van der Waals surface area (Å²) in [4.78, 5) is 128. The number of hydrogen-bond donors (Lipinski definition) is 2. The molecule has 462 valence electrons. The van der Waals surface area contributed by atoms with Crippen LogP contribution < -0.4 is 10.6 Å². The molecule has 1 rings (SSSR count). The van der Waals surface area contributed by atoms with Crippen molar-refractivity contribution in [1.29, 1.82) is 0 Å². The highest BCUT2D eigenvalue weighted by molar-refractivity contribution is 5.96. The molecule has 24 nitrogen and oxygen atoms in total. The zero-order chi connectivity index (χ0) is 62.9. The Hall–Kier alpha value is -8.90. The molecule has 2 N–H and O–H groups in total. The molecule has 0 unspecified atom stereocenters. The average Bonchev–Trinajstić information content (AvgIpc) is 3.63. The minimum Gasteiger partial charge on any atom is -0.462 e. The van der Waals surface area contributed by atoms with E-state index in [9.17, 15) is 47.9 Å². The van der Waals surface area contributed by atoms with Crippen molar-refractivity contribution < 1.29 is 105 Å². The Morgan fingerprint density at radius 1 is 0.369 bits per heavy atom. The maximum Gasteiger partial charge on any atom is 0.407 e. The molecule has 0 heterocycles. The molecule has 0 aliphatic heterocycles. The molecule has 0 fully saturated rings. The van der Waals surface area contributed by atoms with Crippen LogP contribution >= 0.6 is 0 Å². The molecule has 0 saturated carbocycles. The first-order chi connectivity index (χ1) is 40.3. The number of carbonyl (C=O) groups is 10. The second-order valence-corrected chi connectivity index (χ2v) is 17.7. The molecule has 0 saturated heterocycles. The molecule has 0 bridgehead atoms. The minimum atomic E-state index is -1.41. The van der Waals surface area contributed by atoms with Crippen molar-refractivity contribution in [3.63, 3.8) is 0 Å². The van der Waals surface area contributed by atoms with E-state index in [4.69, 9.17) is 57.1 Å². The van der Waals surface area contributed by atoms with E-state index in [1.54, 1.807) is 0 Å². The van der Waals surface area contributed by atoms with Gasteiger partial charge in [0.1, 0.15) is 78.1 Å². The summed E-state index contributed by atoms with van der Waals surface area (Å²) in [5.74, 6) is -5.91. The van der Waals surface area contributed by atoms with Gasteiger partial charge in [0.15, 0.2) is 0 Å². The van der Waals surface area contributed by atoms with Gasteiger partial charge >= 0.3 is 59.9 Å². The monoisotopic (exact) mass is 1180 g/mol. The van der Waals surface area contributed by atoms with Gasteiger partial charge in [-0.3, -0.25) is 0 Å². The fourth-order valence-corrected chi connectivity index (χ4v) is 6.69. The largest absolute Gasteiger partial charge is 0.462 e. The molecule has 0 radical (unpaired) electrons. The predicted molar refractivity (Wildman–Crippen MR) is 305 cm³/mol. The number of allylic oxidation sites excluding steroid dienone is 3. The van der Waals surface area contributed by atoms with E-state index in [1.807, 2.05) is 18.2 Å². The highest BCUT2D eigenvalue weighted by Crippen LogP contribution is 2.36. The molecule has 0 aliphatic rings. The van der Waals surface area contributed by atoms with Crippen LogP contribution in [0.2, 0.25) is 0 Å². The summed E-state index contributed by atoms with van der Waals surface area (Å²) in [6.07, 6.45) is 18.2. The van der Waals surface area contributed by atoms with E-state index in [1.165, 1.54) is 18.2 Å². The van der Waals surface area contributed by atoms with Gasteiger partial charge in [0, 0.05) is 55.0 Å². The number of nitrogens with one attached hydrogen (secondary N) is 2. The molecule has 0 aromatic heterocycles. The molecule has 1 aromatic carbocycles. The summed E-state index contributed by atoms with van der Waals surface area (Å²) >= 11 is 0. The van der Waals surface area contributed by atoms with E-state index in [0.717, 1.165) is 94.2 Å². The predicted octanol–water partition coefficient (Wildman–Crippen LogP) is 7.69. The molecular weight excluding hydrogens is 1100 g/mol. The lowest BCUT2D eigenvalue weighted by Gasteiger charge is -2.33. The first-order valence-electron chi connectivity index (χ1n) is 26.5. The van der Waals surface area contributed by atoms with Crippen molar-refractivity contribution in [2.75, 3.05) is 85.8 Å².